The Kier molecular flexibility index (Phi) is 4.48. The summed E-state index contributed by atoms with van der Waals surface area (Å²) in [5.74, 6) is -2.46. The van der Waals surface area contributed by atoms with Gasteiger partial charge < -0.3 is 10.4 Å². The predicted molar refractivity (Wildman–Crippen MR) is 69.2 cm³/mol. The van der Waals surface area contributed by atoms with Crippen LogP contribution in [-0.2, 0) is 15.8 Å². The first-order valence-corrected chi connectivity index (χ1v) is 6.17. The molecule has 1 amide bonds. The molecule has 8 heteroatoms. The number of carbonyl (C=O) groups excluding carboxylic acids is 1. The van der Waals surface area contributed by atoms with E-state index in [1.54, 1.807) is 0 Å². The van der Waals surface area contributed by atoms with Gasteiger partial charge in [0.2, 0.25) is 5.91 Å². The average Bonchev–Trinajstić information content (AvgIpc) is 2.29. The molecule has 1 aromatic rings. The first-order valence-electron chi connectivity index (χ1n) is 5.38. The zero-order chi connectivity index (χ0) is 15.7. The molecule has 0 heterocycles. The fraction of sp³-hybridized carbons (Fsp3) is 0.333. The molecule has 0 aliphatic heterocycles. The molecule has 0 aliphatic rings. The number of nitrogens with one attached hydrogen (secondary N) is 1. The van der Waals surface area contributed by atoms with Gasteiger partial charge in [-0.3, -0.25) is 9.59 Å². The van der Waals surface area contributed by atoms with Crippen LogP contribution in [0.4, 0.5) is 18.9 Å². The monoisotopic (exact) mass is 353 g/mol. The number of carbonyl (C=O) groups is 2. The molecular weight excluding hydrogens is 343 g/mol. The van der Waals surface area contributed by atoms with E-state index in [1.807, 2.05) is 5.32 Å². The van der Waals surface area contributed by atoms with Crippen LogP contribution in [0, 0.1) is 5.41 Å². The van der Waals surface area contributed by atoms with Crippen LogP contribution in [0.25, 0.3) is 0 Å². The molecule has 0 radical (unpaired) electrons. The minimum absolute atomic E-state index is 0.195. The van der Waals surface area contributed by atoms with Crippen molar-refractivity contribution in [2.24, 2.45) is 5.41 Å². The molecule has 110 valence electrons. The summed E-state index contributed by atoms with van der Waals surface area (Å²) in [7, 11) is 0. The number of hydrogen-bond donors (Lipinski definition) is 2. The molecule has 0 saturated heterocycles. The van der Waals surface area contributed by atoms with Gasteiger partial charge in [0.25, 0.3) is 0 Å². The summed E-state index contributed by atoms with van der Waals surface area (Å²) in [6, 6.07) is 3.19. The topological polar surface area (TPSA) is 66.4 Å². The van der Waals surface area contributed by atoms with Gasteiger partial charge in [0, 0.05) is 4.47 Å². The Bertz CT molecular complexity index is 555. The van der Waals surface area contributed by atoms with Crippen molar-refractivity contribution in [1.82, 2.24) is 0 Å². The third-order valence-electron chi connectivity index (χ3n) is 2.64. The maximum Gasteiger partial charge on any atom is 0.418 e. The van der Waals surface area contributed by atoms with Crippen molar-refractivity contribution in [3.8, 4) is 0 Å². The lowest BCUT2D eigenvalue weighted by molar-refractivity contribution is -0.151. The highest BCUT2D eigenvalue weighted by molar-refractivity contribution is 9.10. The van der Waals surface area contributed by atoms with E-state index in [1.165, 1.54) is 6.07 Å². The average molecular weight is 354 g/mol. The van der Waals surface area contributed by atoms with Gasteiger partial charge in [-0.05, 0) is 32.0 Å². The molecule has 0 saturated carbocycles. The standard InChI is InChI=1S/C12H11BrF3NO3/c1-11(2,10(19)20)9(18)17-8-4-3-6(13)5-7(8)12(14,15)16/h3-5H,1-2H3,(H,17,18)(H,19,20). The second-order valence-corrected chi connectivity index (χ2v) is 5.49. The van der Waals surface area contributed by atoms with Gasteiger partial charge in [0.1, 0.15) is 5.41 Å². The second kappa shape index (κ2) is 5.43. The number of rotatable bonds is 3. The minimum Gasteiger partial charge on any atom is -0.480 e. The minimum atomic E-state index is -4.67. The summed E-state index contributed by atoms with van der Waals surface area (Å²) in [6.07, 6.45) is -4.67. The maximum absolute atomic E-state index is 12.8. The van der Waals surface area contributed by atoms with Gasteiger partial charge in [0.15, 0.2) is 0 Å². The van der Waals surface area contributed by atoms with Crippen LogP contribution in [0.5, 0.6) is 0 Å². The van der Waals surface area contributed by atoms with E-state index in [2.05, 4.69) is 15.9 Å². The number of benzene rings is 1. The number of aliphatic carboxylic acids is 1. The second-order valence-electron chi connectivity index (χ2n) is 4.57. The first-order chi connectivity index (χ1) is 8.96. The lowest BCUT2D eigenvalue weighted by atomic mass is 9.92. The number of hydrogen-bond acceptors (Lipinski definition) is 2. The van der Waals surface area contributed by atoms with E-state index in [9.17, 15) is 22.8 Å². The van der Waals surface area contributed by atoms with Gasteiger partial charge in [-0.2, -0.15) is 13.2 Å². The summed E-state index contributed by atoms with van der Waals surface area (Å²) in [5, 5.41) is 10.9. The Balaban J connectivity index is 3.17. The van der Waals surface area contributed by atoms with E-state index in [0.29, 0.717) is 0 Å². The molecule has 0 atom stereocenters. The van der Waals surface area contributed by atoms with Crippen LogP contribution in [-0.4, -0.2) is 17.0 Å². The van der Waals surface area contributed by atoms with Gasteiger partial charge in [-0.25, -0.2) is 0 Å². The van der Waals surface area contributed by atoms with Gasteiger partial charge in [0.05, 0.1) is 11.3 Å². The van der Waals surface area contributed by atoms with Crippen molar-refractivity contribution < 1.29 is 27.9 Å². The van der Waals surface area contributed by atoms with E-state index >= 15 is 0 Å². The summed E-state index contributed by atoms with van der Waals surface area (Å²) >= 11 is 2.91. The highest BCUT2D eigenvalue weighted by Gasteiger charge is 2.39. The molecule has 20 heavy (non-hydrogen) atoms. The number of alkyl halides is 3. The van der Waals surface area contributed by atoms with E-state index in [-0.39, 0.29) is 4.47 Å². The molecule has 0 aromatic heterocycles. The Morgan fingerprint density at radius 2 is 1.80 bits per heavy atom. The third-order valence-corrected chi connectivity index (χ3v) is 3.13. The van der Waals surface area contributed by atoms with Crippen LogP contribution in [0.15, 0.2) is 22.7 Å². The molecule has 1 aromatic carbocycles. The van der Waals surface area contributed by atoms with Crippen LogP contribution in [0.1, 0.15) is 19.4 Å². The molecule has 2 N–H and O–H groups in total. The Labute approximate surface area is 121 Å². The number of amides is 1. The lowest BCUT2D eigenvalue weighted by Crippen LogP contribution is -2.38. The fourth-order valence-electron chi connectivity index (χ4n) is 1.24. The van der Waals surface area contributed by atoms with Gasteiger partial charge in [-0.15, -0.1) is 0 Å². The summed E-state index contributed by atoms with van der Waals surface area (Å²) in [4.78, 5) is 22.7. The van der Waals surface area contributed by atoms with Gasteiger partial charge >= 0.3 is 12.1 Å². The molecule has 0 fully saturated rings. The molecule has 0 spiro atoms. The largest absolute Gasteiger partial charge is 0.480 e. The number of anilines is 1. The highest BCUT2D eigenvalue weighted by Crippen LogP contribution is 2.37. The van der Waals surface area contributed by atoms with Crippen molar-refractivity contribution in [1.29, 1.82) is 0 Å². The highest BCUT2D eigenvalue weighted by atomic mass is 79.9. The first kappa shape index (κ1) is 16.5. The van der Waals surface area contributed by atoms with Crippen molar-refractivity contribution in [2.75, 3.05) is 5.32 Å². The summed E-state index contributed by atoms with van der Waals surface area (Å²) in [6.45, 7) is 2.22. The summed E-state index contributed by atoms with van der Waals surface area (Å²) < 4.78 is 38.7. The Morgan fingerprint density at radius 1 is 1.25 bits per heavy atom. The molecular formula is C12H11BrF3NO3. The van der Waals surface area contributed by atoms with Crippen molar-refractivity contribution >= 4 is 33.5 Å². The maximum atomic E-state index is 12.8. The fourth-order valence-corrected chi connectivity index (χ4v) is 1.60. The van der Waals surface area contributed by atoms with E-state index in [4.69, 9.17) is 5.11 Å². The summed E-state index contributed by atoms with van der Waals surface area (Å²) in [5.41, 5.74) is -3.38. The SMILES string of the molecule is CC(C)(C(=O)O)C(=O)Nc1ccc(Br)cc1C(F)(F)F. The van der Waals surface area contributed by atoms with Crippen LogP contribution < -0.4 is 5.32 Å². The Hall–Kier alpha value is -1.57. The van der Waals surface area contributed by atoms with Crippen molar-refractivity contribution in [3.63, 3.8) is 0 Å². The van der Waals surface area contributed by atoms with Crippen LogP contribution >= 0.6 is 15.9 Å². The molecule has 0 bridgehead atoms. The van der Waals surface area contributed by atoms with Crippen LogP contribution in [0.2, 0.25) is 0 Å². The normalized spacial score (nSPS) is 12.1. The van der Waals surface area contributed by atoms with Crippen molar-refractivity contribution in [3.05, 3.63) is 28.2 Å². The van der Waals surface area contributed by atoms with Crippen molar-refractivity contribution in [2.45, 2.75) is 20.0 Å². The third kappa shape index (κ3) is 3.50. The molecule has 0 aliphatic carbocycles. The number of carboxylic acid groups (broad SMARTS) is 1. The molecule has 4 nitrogen and oxygen atoms in total. The number of carboxylic acids is 1. The number of halogens is 4. The zero-order valence-corrected chi connectivity index (χ0v) is 12.1. The van der Waals surface area contributed by atoms with Crippen LogP contribution in [0.3, 0.4) is 0 Å². The predicted octanol–water partition coefficient (Wildman–Crippen LogP) is 3.52. The Morgan fingerprint density at radius 3 is 2.25 bits per heavy atom. The molecule has 1 rings (SSSR count). The smallest absolute Gasteiger partial charge is 0.418 e. The zero-order valence-electron chi connectivity index (χ0n) is 10.5. The molecule has 0 unspecified atom stereocenters. The lowest BCUT2D eigenvalue weighted by Gasteiger charge is -2.20. The van der Waals surface area contributed by atoms with Gasteiger partial charge in [-0.1, -0.05) is 15.9 Å². The quantitative estimate of drug-likeness (QED) is 0.817. The van der Waals surface area contributed by atoms with E-state index in [0.717, 1.165) is 26.0 Å². The van der Waals surface area contributed by atoms with E-state index < -0.39 is 34.7 Å².